The number of rotatable bonds is 2. The molecule has 0 aromatic carbocycles. The van der Waals surface area contributed by atoms with Crippen molar-refractivity contribution >= 4 is 23.3 Å². The van der Waals surface area contributed by atoms with Crippen LogP contribution >= 0.6 is 11.6 Å². The number of likely N-dealkylation sites (tertiary alicyclic amines) is 1. The molecule has 0 radical (unpaired) electrons. The van der Waals surface area contributed by atoms with Crippen molar-refractivity contribution in [2.24, 2.45) is 5.84 Å². The topological polar surface area (TPSA) is 80.5 Å². The molecule has 2 unspecified atom stereocenters. The van der Waals surface area contributed by atoms with Gasteiger partial charge < -0.3 is 15.1 Å². The van der Waals surface area contributed by atoms with Gasteiger partial charge in [-0.15, -0.1) is 0 Å². The van der Waals surface area contributed by atoms with Crippen LogP contribution in [0.15, 0.2) is 12.3 Å². The minimum absolute atomic E-state index is 0.0572. The molecule has 2 fully saturated rings. The van der Waals surface area contributed by atoms with E-state index in [2.05, 4.69) is 10.4 Å². The number of nitrogens with one attached hydrogen (secondary N) is 1. The first-order valence-electron chi connectivity index (χ1n) is 6.24. The smallest absolute Gasteiger partial charge is 0.255 e. The largest absolute Gasteiger partial charge is 0.371 e. The molecule has 0 saturated carbocycles. The first-order chi connectivity index (χ1) is 9.17. The van der Waals surface area contributed by atoms with Crippen LogP contribution in [0, 0.1) is 0 Å². The average Bonchev–Trinajstić information content (AvgIpc) is 2.76. The van der Waals surface area contributed by atoms with E-state index in [4.69, 9.17) is 22.2 Å². The molecule has 2 saturated heterocycles. The van der Waals surface area contributed by atoms with E-state index in [0.29, 0.717) is 29.5 Å². The molecule has 6 nitrogen and oxygen atoms in total. The number of amides is 1. The number of hydrazine groups is 1. The molecule has 2 aliphatic rings. The molecular formula is C12H15ClN4O2. The number of aromatic nitrogens is 1. The van der Waals surface area contributed by atoms with Gasteiger partial charge in [-0.05, 0) is 18.9 Å². The highest BCUT2D eigenvalue weighted by molar-refractivity contribution is 6.33. The normalized spacial score (nSPS) is 25.5. The maximum Gasteiger partial charge on any atom is 0.255 e. The van der Waals surface area contributed by atoms with E-state index >= 15 is 0 Å². The van der Waals surface area contributed by atoms with Crippen LogP contribution in [-0.4, -0.2) is 41.1 Å². The van der Waals surface area contributed by atoms with Crippen molar-refractivity contribution in [3.05, 3.63) is 22.8 Å². The first-order valence-corrected chi connectivity index (χ1v) is 6.62. The fourth-order valence-electron chi connectivity index (χ4n) is 2.62. The van der Waals surface area contributed by atoms with E-state index in [9.17, 15) is 4.79 Å². The number of ether oxygens (including phenoxy) is 1. The lowest BCUT2D eigenvalue weighted by molar-refractivity contribution is -0.0303. The van der Waals surface area contributed by atoms with Crippen LogP contribution < -0.4 is 11.3 Å². The molecule has 7 heteroatoms. The number of carbonyl (C=O) groups is 1. The van der Waals surface area contributed by atoms with Crippen LogP contribution in [0.3, 0.4) is 0 Å². The predicted molar refractivity (Wildman–Crippen MR) is 70.9 cm³/mol. The van der Waals surface area contributed by atoms with Crippen LogP contribution in [0.25, 0.3) is 0 Å². The van der Waals surface area contributed by atoms with Gasteiger partial charge in [0.05, 0.1) is 22.8 Å². The Bertz CT molecular complexity index is 499. The monoisotopic (exact) mass is 282 g/mol. The second kappa shape index (κ2) is 4.96. The van der Waals surface area contributed by atoms with Crippen molar-refractivity contribution in [3.8, 4) is 0 Å². The van der Waals surface area contributed by atoms with E-state index in [1.165, 1.54) is 6.20 Å². The third kappa shape index (κ3) is 2.39. The number of carbonyl (C=O) groups excluding carboxylic acids is 1. The van der Waals surface area contributed by atoms with E-state index in [1.807, 2.05) is 4.90 Å². The number of nitrogen functional groups attached to an aromatic ring is 1. The Morgan fingerprint density at radius 2 is 2.16 bits per heavy atom. The van der Waals surface area contributed by atoms with Gasteiger partial charge in [0, 0.05) is 19.3 Å². The summed E-state index contributed by atoms with van der Waals surface area (Å²) in [5.41, 5.74) is 2.85. The van der Waals surface area contributed by atoms with Gasteiger partial charge >= 0.3 is 0 Å². The maximum absolute atomic E-state index is 12.4. The SMILES string of the molecule is NNc1ncc(C(=O)N2CC3CCC(C2)O3)cc1Cl. The van der Waals surface area contributed by atoms with E-state index in [0.717, 1.165) is 12.8 Å². The molecule has 1 aromatic heterocycles. The zero-order chi connectivity index (χ0) is 13.4. The van der Waals surface area contributed by atoms with Gasteiger partial charge in [0.1, 0.15) is 0 Å². The fourth-order valence-corrected chi connectivity index (χ4v) is 2.85. The Balaban J connectivity index is 1.78. The molecule has 0 spiro atoms. The van der Waals surface area contributed by atoms with Gasteiger partial charge in [0.15, 0.2) is 5.82 Å². The van der Waals surface area contributed by atoms with Gasteiger partial charge in [-0.1, -0.05) is 11.6 Å². The predicted octanol–water partition coefficient (Wildman–Crippen LogP) is 1.02. The molecule has 1 amide bonds. The van der Waals surface area contributed by atoms with Gasteiger partial charge in [-0.3, -0.25) is 4.79 Å². The van der Waals surface area contributed by atoms with E-state index in [-0.39, 0.29) is 18.1 Å². The summed E-state index contributed by atoms with van der Waals surface area (Å²) in [6.07, 6.45) is 3.90. The summed E-state index contributed by atoms with van der Waals surface area (Å²) in [5.74, 6) is 5.56. The van der Waals surface area contributed by atoms with Crippen molar-refractivity contribution in [1.29, 1.82) is 0 Å². The minimum Gasteiger partial charge on any atom is -0.371 e. The standard InChI is InChI=1S/C12H15ClN4O2/c13-10-3-7(4-15-11(10)16-14)12(18)17-5-8-1-2-9(6-17)19-8/h3-4,8-9H,1-2,5-6,14H2,(H,15,16). The molecule has 0 aliphatic carbocycles. The number of nitrogens with two attached hydrogens (primary N) is 1. The van der Waals surface area contributed by atoms with Gasteiger partial charge in [-0.25, -0.2) is 10.8 Å². The van der Waals surface area contributed by atoms with Gasteiger partial charge in [-0.2, -0.15) is 0 Å². The Morgan fingerprint density at radius 3 is 2.74 bits per heavy atom. The zero-order valence-electron chi connectivity index (χ0n) is 10.3. The van der Waals surface area contributed by atoms with E-state index < -0.39 is 0 Å². The number of fused-ring (bicyclic) bond motifs is 2. The average molecular weight is 283 g/mol. The van der Waals surface area contributed by atoms with Crippen molar-refractivity contribution in [2.75, 3.05) is 18.5 Å². The molecule has 3 N–H and O–H groups in total. The highest BCUT2D eigenvalue weighted by Crippen LogP contribution is 2.27. The van der Waals surface area contributed by atoms with Crippen molar-refractivity contribution < 1.29 is 9.53 Å². The molecular weight excluding hydrogens is 268 g/mol. The summed E-state index contributed by atoms with van der Waals surface area (Å²) in [6.45, 7) is 1.29. The summed E-state index contributed by atoms with van der Waals surface area (Å²) in [6, 6.07) is 1.59. The van der Waals surface area contributed by atoms with Crippen molar-refractivity contribution in [2.45, 2.75) is 25.0 Å². The number of anilines is 1. The summed E-state index contributed by atoms with van der Waals surface area (Å²) < 4.78 is 5.71. The summed E-state index contributed by atoms with van der Waals surface area (Å²) in [7, 11) is 0. The molecule has 19 heavy (non-hydrogen) atoms. The zero-order valence-corrected chi connectivity index (χ0v) is 11.1. The Morgan fingerprint density at radius 1 is 1.47 bits per heavy atom. The Labute approximate surface area is 115 Å². The molecule has 1 aromatic rings. The highest BCUT2D eigenvalue weighted by Gasteiger charge is 2.36. The number of halogens is 1. The lowest BCUT2D eigenvalue weighted by atomic mass is 10.2. The highest BCUT2D eigenvalue weighted by atomic mass is 35.5. The second-order valence-corrected chi connectivity index (χ2v) is 5.27. The maximum atomic E-state index is 12.4. The summed E-state index contributed by atoms with van der Waals surface area (Å²) >= 11 is 5.98. The molecule has 3 heterocycles. The Hall–Kier alpha value is -1.37. The second-order valence-electron chi connectivity index (χ2n) is 4.87. The molecule has 2 aliphatic heterocycles. The first kappa shape index (κ1) is 12.7. The van der Waals surface area contributed by atoms with Crippen LogP contribution in [0.2, 0.25) is 5.02 Å². The van der Waals surface area contributed by atoms with Crippen LogP contribution in [0.1, 0.15) is 23.2 Å². The van der Waals surface area contributed by atoms with Gasteiger partial charge in [0.2, 0.25) is 0 Å². The van der Waals surface area contributed by atoms with Crippen LogP contribution in [-0.2, 0) is 4.74 Å². The quantitative estimate of drug-likeness (QED) is 0.625. The van der Waals surface area contributed by atoms with E-state index in [1.54, 1.807) is 6.07 Å². The number of morpholine rings is 1. The minimum atomic E-state index is -0.0572. The van der Waals surface area contributed by atoms with Crippen LogP contribution in [0.4, 0.5) is 5.82 Å². The lowest BCUT2D eigenvalue weighted by Crippen LogP contribution is -2.45. The third-order valence-electron chi connectivity index (χ3n) is 3.56. The van der Waals surface area contributed by atoms with Crippen molar-refractivity contribution in [3.63, 3.8) is 0 Å². The van der Waals surface area contributed by atoms with Gasteiger partial charge in [0.25, 0.3) is 5.91 Å². The number of hydrogen-bond acceptors (Lipinski definition) is 5. The third-order valence-corrected chi connectivity index (χ3v) is 3.84. The molecule has 3 rings (SSSR count). The number of nitrogens with zero attached hydrogens (tertiary/aromatic N) is 2. The fraction of sp³-hybridized carbons (Fsp3) is 0.500. The summed E-state index contributed by atoms with van der Waals surface area (Å²) in [4.78, 5) is 18.2. The number of hydrogen-bond donors (Lipinski definition) is 2. The summed E-state index contributed by atoms with van der Waals surface area (Å²) in [5, 5.41) is 0.338. The molecule has 102 valence electrons. The number of pyridine rings is 1. The molecule has 2 bridgehead atoms. The van der Waals surface area contributed by atoms with Crippen molar-refractivity contribution in [1.82, 2.24) is 9.88 Å². The molecule has 2 atom stereocenters. The van der Waals surface area contributed by atoms with Crippen LogP contribution in [0.5, 0.6) is 0 Å². The lowest BCUT2D eigenvalue weighted by Gasteiger charge is -2.32. The Kier molecular flexibility index (Phi) is 3.30.